The third-order valence-electron chi connectivity index (χ3n) is 4.93. The van der Waals surface area contributed by atoms with Crippen molar-refractivity contribution in [1.29, 1.82) is 0 Å². The Kier molecular flexibility index (Phi) is 10.5. The third kappa shape index (κ3) is 7.31. The molecule has 3 aromatic carbocycles. The topological polar surface area (TPSA) is 25.8 Å². The molecule has 34 heavy (non-hydrogen) atoms. The summed E-state index contributed by atoms with van der Waals surface area (Å²) < 4.78 is 0. The Hall–Kier alpha value is -3.39. The predicted octanol–water partition coefficient (Wildman–Crippen LogP) is 8.02. The summed E-state index contributed by atoms with van der Waals surface area (Å²) >= 11 is 0. The molecule has 0 aliphatic carbocycles. The zero-order valence-electron chi connectivity index (χ0n) is 18.6. The van der Waals surface area contributed by atoms with Crippen molar-refractivity contribution in [3.63, 3.8) is 0 Å². The van der Waals surface area contributed by atoms with Gasteiger partial charge in [-0.05, 0) is 42.9 Å². The van der Waals surface area contributed by atoms with Gasteiger partial charge in [-0.2, -0.15) is 0 Å². The van der Waals surface area contributed by atoms with Gasteiger partial charge in [0, 0.05) is 32.0 Å². The van der Waals surface area contributed by atoms with Crippen LogP contribution in [0, 0.1) is 26.0 Å². The van der Waals surface area contributed by atoms with Gasteiger partial charge in [0.1, 0.15) is 0 Å². The van der Waals surface area contributed by atoms with Crippen LogP contribution in [0.4, 0.5) is 0 Å². The molecule has 5 rings (SSSR count). The molecular formula is C31H28IrN2-2. The van der Waals surface area contributed by atoms with Crippen molar-refractivity contribution < 1.29 is 20.1 Å². The van der Waals surface area contributed by atoms with E-state index in [1.807, 2.05) is 73.7 Å². The zero-order chi connectivity index (χ0) is 22.2. The smallest absolute Gasteiger partial charge is 0.0268 e. The molecule has 173 valence electrons. The molecule has 0 atom stereocenters. The number of benzene rings is 3. The molecule has 0 unspecified atom stereocenters. The van der Waals surface area contributed by atoms with E-state index in [1.165, 1.54) is 16.7 Å². The molecule has 5 aromatic rings. The SMILES string of the molecule is C.Cc1cc(C)nc(-c2[c-]cccc2)c1.[Ir].[c-]1ccc(-c2ccccc2)cc1-c1ccccn1. The van der Waals surface area contributed by atoms with E-state index in [4.69, 9.17) is 0 Å². The molecule has 2 aromatic heterocycles. The van der Waals surface area contributed by atoms with E-state index in [9.17, 15) is 0 Å². The molecular weight excluding hydrogens is 593 g/mol. The minimum atomic E-state index is 0. The van der Waals surface area contributed by atoms with Crippen LogP contribution >= 0.6 is 0 Å². The molecule has 1 radical (unpaired) electrons. The van der Waals surface area contributed by atoms with Crippen LogP contribution in [0.1, 0.15) is 18.7 Å². The van der Waals surface area contributed by atoms with Crippen molar-refractivity contribution >= 4 is 0 Å². The summed E-state index contributed by atoms with van der Waals surface area (Å²) in [6, 6.07) is 40.9. The number of pyridine rings is 2. The number of aryl methyl sites for hydroxylation is 2. The molecule has 3 heteroatoms. The summed E-state index contributed by atoms with van der Waals surface area (Å²) in [5, 5.41) is 0. The predicted molar refractivity (Wildman–Crippen MR) is 139 cm³/mol. The fourth-order valence-corrected chi connectivity index (χ4v) is 3.48. The average molecular weight is 621 g/mol. The molecule has 2 nitrogen and oxygen atoms in total. The third-order valence-corrected chi connectivity index (χ3v) is 4.93. The van der Waals surface area contributed by atoms with E-state index in [1.54, 1.807) is 6.20 Å². The Bertz CT molecular complexity index is 1200. The maximum absolute atomic E-state index is 4.47. The summed E-state index contributed by atoms with van der Waals surface area (Å²) in [4.78, 5) is 8.83. The summed E-state index contributed by atoms with van der Waals surface area (Å²) in [6.45, 7) is 4.10. The van der Waals surface area contributed by atoms with Crippen molar-refractivity contribution in [3.05, 3.63) is 133 Å². The van der Waals surface area contributed by atoms with Crippen LogP contribution in [0.2, 0.25) is 0 Å². The van der Waals surface area contributed by atoms with Gasteiger partial charge in [0.2, 0.25) is 0 Å². The van der Waals surface area contributed by atoms with Crippen LogP contribution in [0.25, 0.3) is 33.6 Å². The quantitative estimate of drug-likeness (QED) is 0.191. The first-order valence-electron chi connectivity index (χ1n) is 10.6. The van der Waals surface area contributed by atoms with E-state index < -0.39 is 0 Å². The van der Waals surface area contributed by atoms with E-state index in [2.05, 4.69) is 65.4 Å². The molecule has 0 saturated carbocycles. The van der Waals surface area contributed by atoms with Crippen LogP contribution in [0.15, 0.2) is 109 Å². The first-order chi connectivity index (χ1) is 15.7. The van der Waals surface area contributed by atoms with Crippen molar-refractivity contribution in [1.82, 2.24) is 9.97 Å². The summed E-state index contributed by atoms with van der Waals surface area (Å²) in [6.07, 6.45) is 1.80. The van der Waals surface area contributed by atoms with E-state index >= 15 is 0 Å². The van der Waals surface area contributed by atoms with Crippen LogP contribution in [0.3, 0.4) is 0 Å². The van der Waals surface area contributed by atoms with Crippen molar-refractivity contribution in [2.45, 2.75) is 21.3 Å². The first kappa shape index (κ1) is 26.9. The van der Waals surface area contributed by atoms with Gasteiger partial charge in [0.25, 0.3) is 0 Å². The van der Waals surface area contributed by atoms with Gasteiger partial charge in [0.05, 0.1) is 0 Å². The van der Waals surface area contributed by atoms with E-state index in [0.717, 1.165) is 28.2 Å². The Morgan fingerprint density at radius 1 is 0.618 bits per heavy atom. The summed E-state index contributed by atoms with van der Waals surface area (Å²) in [5.41, 5.74) is 8.73. The monoisotopic (exact) mass is 621 g/mol. The van der Waals surface area contributed by atoms with Gasteiger partial charge in [-0.3, -0.25) is 0 Å². The van der Waals surface area contributed by atoms with Crippen LogP contribution < -0.4 is 0 Å². The second-order valence-corrected chi connectivity index (χ2v) is 7.52. The number of aromatic nitrogens is 2. The first-order valence-corrected chi connectivity index (χ1v) is 10.6. The van der Waals surface area contributed by atoms with Crippen LogP contribution in [-0.4, -0.2) is 9.97 Å². The van der Waals surface area contributed by atoms with Crippen LogP contribution in [0.5, 0.6) is 0 Å². The molecule has 0 fully saturated rings. The molecule has 2 heterocycles. The number of rotatable bonds is 3. The average Bonchev–Trinajstić information content (AvgIpc) is 2.86. The normalized spacial score (nSPS) is 9.59. The van der Waals surface area contributed by atoms with Gasteiger partial charge in [-0.25, -0.2) is 0 Å². The van der Waals surface area contributed by atoms with Crippen molar-refractivity contribution in [2.75, 3.05) is 0 Å². The van der Waals surface area contributed by atoms with Gasteiger partial charge >= 0.3 is 0 Å². The Morgan fingerprint density at radius 3 is 2.03 bits per heavy atom. The number of hydrogen-bond acceptors (Lipinski definition) is 2. The largest absolute Gasteiger partial charge is 0.305 e. The van der Waals surface area contributed by atoms with Gasteiger partial charge in [0.15, 0.2) is 0 Å². The standard InChI is InChI=1S/C17H12N.C13H12N.CH4.Ir/c1-2-7-14(8-3-1)15-9-6-10-16(13-15)17-11-4-5-12-18-17;1-10-8-11(2)14-13(9-10)12-6-4-3-5-7-12;;/h1-9,11-13H;3-6,8-9H,1-2H3;1H4;/q2*-1;;. The minimum Gasteiger partial charge on any atom is -0.305 e. The minimum absolute atomic E-state index is 0. The Morgan fingerprint density at radius 2 is 1.35 bits per heavy atom. The molecule has 0 amide bonds. The second kappa shape index (κ2) is 13.3. The molecule has 0 bridgehead atoms. The summed E-state index contributed by atoms with van der Waals surface area (Å²) in [5.74, 6) is 0. The van der Waals surface area contributed by atoms with E-state index in [0.29, 0.717) is 0 Å². The van der Waals surface area contributed by atoms with Crippen LogP contribution in [-0.2, 0) is 20.1 Å². The van der Waals surface area contributed by atoms with Gasteiger partial charge in [-0.15, -0.1) is 71.3 Å². The Balaban J connectivity index is 0.000000233. The maximum atomic E-state index is 4.47. The molecule has 0 aliphatic heterocycles. The van der Waals surface area contributed by atoms with E-state index in [-0.39, 0.29) is 27.5 Å². The Labute approximate surface area is 217 Å². The molecule has 0 N–H and O–H groups in total. The van der Waals surface area contributed by atoms with Crippen molar-refractivity contribution in [3.8, 4) is 33.6 Å². The fourth-order valence-electron chi connectivity index (χ4n) is 3.48. The molecule has 0 saturated heterocycles. The molecule has 0 aliphatic rings. The van der Waals surface area contributed by atoms with Gasteiger partial charge in [-0.1, -0.05) is 61.5 Å². The number of hydrogen-bond donors (Lipinski definition) is 0. The van der Waals surface area contributed by atoms with Gasteiger partial charge < -0.3 is 9.97 Å². The van der Waals surface area contributed by atoms with Crippen molar-refractivity contribution in [2.24, 2.45) is 0 Å². The maximum Gasteiger partial charge on any atom is 0.0268 e. The molecule has 0 spiro atoms. The fraction of sp³-hybridized carbons (Fsp3) is 0.0968. The zero-order valence-corrected chi connectivity index (χ0v) is 21.0. The summed E-state index contributed by atoms with van der Waals surface area (Å²) in [7, 11) is 0. The number of nitrogens with zero attached hydrogens (tertiary/aromatic N) is 2. The second-order valence-electron chi connectivity index (χ2n) is 7.52.